The van der Waals surface area contributed by atoms with Crippen LogP contribution in [0.3, 0.4) is 0 Å². The van der Waals surface area contributed by atoms with Crippen LogP contribution in [0.5, 0.6) is 34.5 Å². The number of hydrogen-bond donors (Lipinski definition) is 0. The summed E-state index contributed by atoms with van der Waals surface area (Å²) in [6.45, 7) is 0. The Kier molecular flexibility index (Phi) is 19.5. The summed E-state index contributed by atoms with van der Waals surface area (Å²) in [4.78, 5) is 22.6. The van der Waals surface area contributed by atoms with Gasteiger partial charge in [0.1, 0.15) is 58.0 Å². The van der Waals surface area contributed by atoms with Crippen molar-refractivity contribution in [2.45, 2.75) is 17.2 Å². The van der Waals surface area contributed by atoms with Crippen molar-refractivity contribution in [3.8, 4) is 56.8 Å². The molecule has 81 heavy (non-hydrogen) atoms. The van der Waals surface area contributed by atoms with Gasteiger partial charge in [-0.3, -0.25) is 14.2 Å². The minimum absolute atomic E-state index is 0. The first-order valence-corrected chi connectivity index (χ1v) is 25.4. The van der Waals surface area contributed by atoms with Gasteiger partial charge in [0, 0.05) is 36.2 Å². The van der Waals surface area contributed by atoms with Crippen molar-refractivity contribution in [1.82, 2.24) is 19.6 Å². The summed E-state index contributed by atoms with van der Waals surface area (Å²) < 4.78 is 41.8. The molecular formula is C66H59KN4O10. The van der Waals surface area contributed by atoms with Gasteiger partial charge >= 0.3 is 51.4 Å². The minimum atomic E-state index is -1.29. The molecule has 2 aromatic heterocycles. The van der Waals surface area contributed by atoms with Gasteiger partial charge in [-0.15, -0.1) is 0 Å². The molecule has 0 aliphatic heterocycles. The molecule has 1 atom stereocenters. The zero-order chi connectivity index (χ0) is 56.2. The van der Waals surface area contributed by atoms with Crippen LogP contribution in [0.1, 0.15) is 55.4 Å². The van der Waals surface area contributed by atoms with Crippen molar-refractivity contribution in [2.24, 2.45) is 0 Å². The third kappa shape index (κ3) is 12.1. The Morgan fingerprint density at radius 2 is 0.667 bits per heavy atom. The molecule has 10 aromatic rings. The monoisotopic (exact) mass is 1110 g/mol. The Labute approximate surface area is 513 Å². The first kappa shape index (κ1) is 58.9. The van der Waals surface area contributed by atoms with Gasteiger partial charge in [0.05, 0.1) is 61.0 Å². The number of hydrogen-bond acceptors (Lipinski definition) is 12. The first-order valence-electron chi connectivity index (χ1n) is 25.4. The number of nitrogens with zero attached hydrogens (tertiary/aromatic N) is 4. The van der Waals surface area contributed by atoms with Gasteiger partial charge in [0.2, 0.25) is 0 Å². The molecule has 8 aromatic carbocycles. The van der Waals surface area contributed by atoms with E-state index in [1.165, 1.54) is 7.11 Å². The molecule has 10 rings (SSSR count). The Bertz CT molecular complexity index is 3390. The van der Waals surface area contributed by atoms with Crippen LogP contribution in [0, 0.1) is 0 Å². The number of aliphatic carboxylic acids is 1. The smallest absolute Gasteiger partial charge is 0.547 e. The van der Waals surface area contributed by atoms with Gasteiger partial charge in [-0.25, -0.2) is 0 Å². The second kappa shape index (κ2) is 26.8. The molecular weight excluding hydrogens is 1050 g/mol. The van der Waals surface area contributed by atoms with Crippen LogP contribution < -0.4 is 84.9 Å². The molecule has 0 saturated heterocycles. The van der Waals surface area contributed by atoms with E-state index in [2.05, 4.69) is 36.4 Å². The van der Waals surface area contributed by atoms with Crippen LogP contribution in [0.2, 0.25) is 0 Å². The molecule has 14 nitrogen and oxygen atoms in total. The number of carbonyl (C=O) groups is 2. The molecule has 1 unspecified atom stereocenters. The molecule has 0 saturated carbocycles. The number of methoxy groups -OCH3 is 7. The van der Waals surface area contributed by atoms with Crippen LogP contribution in [0.15, 0.2) is 219 Å². The molecule has 15 heteroatoms. The maximum Gasteiger partial charge on any atom is 1.00 e. The largest absolute Gasteiger partial charge is 1.00 e. The van der Waals surface area contributed by atoms with Crippen LogP contribution in [-0.4, -0.2) is 81.6 Å². The normalized spacial score (nSPS) is 11.4. The zero-order valence-corrected chi connectivity index (χ0v) is 49.4. The number of ether oxygens (including phenoxy) is 7. The molecule has 2 heterocycles. The number of carbonyl (C=O) groups excluding carboxylic acids is 2. The maximum atomic E-state index is 11.5. The average Bonchev–Trinajstić information content (AvgIpc) is 4.45. The molecule has 404 valence electrons. The number of benzene rings is 8. The summed E-state index contributed by atoms with van der Waals surface area (Å²) in [6, 6.07) is 62.6. The van der Waals surface area contributed by atoms with Crippen LogP contribution in [0.25, 0.3) is 22.3 Å². The van der Waals surface area contributed by atoms with E-state index in [0.717, 1.165) is 96.4 Å². The van der Waals surface area contributed by atoms with Crippen molar-refractivity contribution in [2.75, 3.05) is 49.8 Å². The van der Waals surface area contributed by atoms with Crippen molar-refractivity contribution in [3.63, 3.8) is 0 Å². The Morgan fingerprint density at radius 1 is 0.407 bits per heavy atom. The summed E-state index contributed by atoms with van der Waals surface area (Å²) in [6.07, 6.45) is 7.37. The van der Waals surface area contributed by atoms with Gasteiger partial charge in [-0.1, -0.05) is 121 Å². The van der Waals surface area contributed by atoms with Crippen LogP contribution >= 0.6 is 0 Å². The number of aldehydes is 1. The standard InChI is InChI=1S/C34H32N2O6.C32H28N2O4.K/c1-39-29-15-9-26(10-16-29)34(27-11-17-30(40-2)18-12-27,28-13-19-31(41-3)20-14-28)36-22-25(21-35-36)23-5-7-24(8-6-23)32(42-4)33(37)38;1-36-29-14-8-26(9-15-29)32(27-10-16-30(37-2)17-11-27,28-12-18-31(38-3)19-13-28)34-21-25(20-33-34)24-6-4-23(22-35)5-7-24;/h5-22,32H,1-4H3,(H,37,38);4-22H,1-3H3;/q;;+1/p-1. The van der Waals surface area contributed by atoms with E-state index in [1.807, 2.05) is 174 Å². The van der Waals surface area contributed by atoms with E-state index in [0.29, 0.717) is 11.1 Å². The van der Waals surface area contributed by atoms with Gasteiger partial charge < -0.3 is 43.1 Å². The SMILES string of the molecule is COc1ccc(C(c2ccc(OC)cc2)(c2ccc(OC)cc2)n2cc(-c3ccc(C(OC)C(=O)[O-])cc3)cn2)cc1.COc1ccc(C(c2ccc(OC)cc2)(c2ccc(OC)cc2)n2cc(-c3ccc(C=O)cc3)cn2)cc1.[K+]. The molecule has 0 bridgehead atoms. The van der Waals surface area contributed by atoms with Crippen LogP contribution in [-0.2, 0) is 20.6 Å². The Balaban J connectivity index is 0.000000211. The predicted octanol–water partition coefficient (Wildman–Crippen LogP) is 8.09. The van der Waals surface area contributed by atoms with E-state index in [4.69, 9.17) is 43.4 Å². The van der Waals surface area contributed by atoms with E-state index in [9.17, 15) is 14.7 Å². The summed E-state index contributed by atoms with van der Waals surface area (Å²) in [5, 5.41) is 21.3. The molecule has 0 N–H and O–H groups in total. The number of aromatic nitrogens is 4. The maximum absolute atomic E-state index is 11.5. The Morgan fingerprint density at radius 3 is 0.889 bits per heavy atom. The zero-order valence-electron chi connectivity index (χ0n) is 46.3. The summed E-state index contributed by atoms with van der Waals surface area (Å²) in [5.41, 5.74) is 8.90. The van der Waals surface area contributed by atoms with E-state index in [-0.39, 0.29) is 51.4 Å². The molecule has 0 aliphatic carbocycles. The number of carboxylic acids is 1. The van der Waals surface area contributed by atoms with Crippen molar-refractivity contribution in [1.29, 1.82) is 0 Å². The molecule has 0 radical (unpaired) electrons. The van der Waals surface area contributed by atoms with Crippen molar-refractivity contribution in [3.05, 3.63) is 263 Å². The van der Waals surface area contributed by atoms with Crippen molar-refractivity contribution < 1.29 is 99.2 Å². The first-order chi connectivity index (χ1) is 39.1. The number of rotatable bonds is 20. The molecule has 0 spiro atoms. The topological polar surface area (TPSA) is 157 Å². The summed E-state index contributed by atoms with van der Waals surface area (Å²) in [5.74, 6) is 3.23. The van der Waals surface area contributed by atoms with E-state index in [1.54, 1.807) is 61.0 Å². The average molecular weight is 1110 g/mol. The molecule has 0 amide bonds. The summed E-state index contributed by atoms with van der Waals surface area (Å²) >= 11 is 0. The van der Waals surface area contributed by atoms with Crippen LogP contribution in [0.4, 0.5) is 0 Å². The predicted molar refractivity (Wildman–Crippen MR) is 304 cm³/mol. The third-order valence-electron chi connectivity index (χ3n) is 14.3. The van der Waals surface area contributed by atoms with Gasteiger partial charge in [-0.05, 0) is 123 Å². The minimum Gasteiger partial charge on any atom is -0.547 e. The Hall–Kier alpha value is -8.28. The number of carboxylic acid groups (broad SMARTS) is 1. The van der Waals surface area contributed by atoms with Crippen molar-refractivity contribution >= 4 is 12.3 Å². The second-order valence-corrected chi connectivity index (χ2v) is 18.4. The second-order valence-electron chi connectivity index (χ2n) is 18.4. The van der Waals surface area contributed by atoms with Gasteiger partial charge in [-0.2, -0.15) is 10.2 Å². The van der Waals surface area contributed by atoms with E-state index >= 15 is 0 Å². The molecule has 0 fully saturated rings. The summed E-state index contributed by atoms with van der Waals surface area (Å²) in [7, 11) is 11.2. The molecule has 0 aliphatic rings. The van der Waals surface area contributed by atoms with Gasteiger partial charge in [0.25, 0.3) is 0 Å². The fourth-order valence-electron chi connectivity index (χ4n) is 10.1. The fourth-order valence-corrected chi connectivity index (χ4v) is 10.1. The quantitative estimate of drug-likeness (QED) is 0.0411. The third-order valence-corrected chi connectivity index (χ3v) is 14.3. The van der Waals surface area contributed by atoms with Gasteiger partial charge in [0.15, 0.2) is 0 Å². The fraction of sp³-hybridized carbons (Fsp3) is 0.152. The van der Waals surface area contributed by atoms with E-state index < -0.39 is 23.2 Å².